The summed E-state index contributed by atoms with van der Waals surface area (Å²) in [5.41, 5.74) is 2.74. The Kier molecular flexibility index (Phi) is 8.91. The van der Waals surface area contributed by atoms with Crippen molar-refractivity contribution < 1.29 is 18.0 Å². The van der Waals surface area contributed by atoms with Crippen LogP contribution in [0.25, 0.3) is 0 Å². The van der Waals surface area contributed by atoms with Crippen LogP contribution >= 0.6 is 11.6 Å². The highest BCUT2D eigenvalue weighted by molar-refractivity contribution is 7.92. The molecule has 0 fully saturated rings. The fraction of sp³-hybridized carbons (Fsp3) is 0.417. The van der Waals surface area contributed by atoms with Gasteiger partial charge in [-0.2, -0.15) is 0 Å². The number of anilines is 1. The van der Waals surface area contributed by atoms with Gasteiger partial charge in [-0.15, -0.1) is 0 Å². The van der Waals surface area contributed by atoms with Crippen LogP contribution in [-0.2, 0) is 26.2 Å². The standard InChI is InChI=1S/C24H32ClN3O4S/c1-16(2)26-24(30)19(5)27(14-20-10-7-9-17(3)13-20)23(29)15-28(33(6,31)32)22-12-8-11-21(25)18(22)4/h7-13,16,19H,14-15H2,1-6H3,(H,26,30)/t19-/m1/s1. The van der Waals surface area contributed by atoms with Crippen molar-refractivity contribution in [2.45, 2.75) is 53.2 Å². The highest BCUT2D eigenvalue weighted by Gasteiger charge is 2.31. The zero-order chi connectivity index (χ0) is 24.9. The van der Waals surface area contributed by atoms with Gasteiger partial charge in [-0.1, -0.05) is 47.5 Å². The number of hydrogen-bond donors (Lipinski definition) is 1. The minimum atomic E-state index is -3.80. The summed E-state index contributed by atoms with van der Waals surface area (Å²) in [6.45, 7) is 8.67. The minimum Gasteiger partial charge on any atom is -0.352 e. The molecule has 0 aliphatic carbocycles. The van der Waals surface area contributed by atoms with Crippen molar-refractivity contribution in [3.63, 3.8) is 0 Å². The zero-order valence-corrected chi connectivity index (χ0v) is 21.5. The summed E-state index contributed by atoms with van der Waals surface area (Å²) in [5, 5.41) is 3.22. The van der Waals surface area contributed by atoms with Gasteiger partial charge < -0.3 is 10.2 Å². The maximum Gasteiger partial charge on any atom is 0.244 e. The van der Waals surface area contributed by atoms with E-state index in [0.717, 1.165) is 21.7 Å². The molecule has 0 aromatic heterocycles. The third-order valence-electron chi connectivity index (χ3n) is 5.22. The van der Waals surface area contributed by atoms with E-state index in [9.17, 15) is 18.0 Å². The van der Waals surface area contributed by atoms with Crippen LogP contribution in [0.2, 0.25) is 5.02 Å². The molecule has 2 aromatic rings. The highest BCUT2D eigenvalue weighted by atomic mass is 35.5. The van der Waals surface area contributed by atoms with Gasteiger partial charge in [-0.05, 0) is 57.9 Å². The minimum absolute atomic E-state index is 0.0995. The summed E-state index contributed by atoms with van der Waals surface area (Å²) in [5.74, 6) is -0.802. The quantitative estimate of drug-likeness (QED) is 0.577. The Morgan fingerprint density at radius 1 is 1.06 bits per heavy atom. The topological polar surface area (TPSA) is 86.8 Å². The van der Waals surface area contributed by atoms with Crippen LogP contribution in [0.15, 0.2) is 42.5 Å². The zero-order valence-electron chi connectivity index (χ0n) is 19.9. The lowest BCUT2D eigenvalue weighted by atomic mass is 10.1. The van der Waals surface area contributed by atoms with Crippen molar-refractivity contribution in [3.8, 4) is 0 Å². The first-order valence-corrected chi connectivity index (χ1v) is 12.9. The van der Waals surface area contributed by atoms with Crippen LogP contribution < -0.4 is 9.62 Å². The van der Waals surface area contributed by atoms with Crippen LogP contribution in [0.4, 0.5) is 5.69 Å². The molecule has 180 valence electrons. The van der Waals surface area contributed by atoms with Gasteiger partial charge in [0.05, 0.1) is 11.9 Å². The van der Waals surface area contributed by atoms with Crippen LogP contribution in [0.3, 0.4) is 0 Å². The van der Waals surface area contributed by atoms with E-state index < -0.39 is 28.5 Å². The number of sulfonamides is 1. The van der Waals surface area contributed by atoms with Crippen LogP contribution in [0.1, 0.15) is 37.5 Å². The molecule has 1 atom stereocenters. The van der Waals surface area contributed by atoms with Crippen LogP contribution in [0, 0.1) is 13.8 Å². The number of rotatable bonds is 9. The molecule has 0 saturated carbocycles. The SMILES string of the molecule is Cc1cccc(CN(C(=O)CN(c2cccc(Cl)c2C)S(C)(=O)=O)[C@H](C)C(=O)NC(C)C)c1. The summed E-state index contributed by atoms with van der Waals surface area (Å²) in [4.78, 5) is 27.7. The molecule has 1 N–H and O–H groups in total. The maximum atomic E-state index is 13.5. The molecule has 9 heteroatoms. The summed E-state index contributed by atoms with van der Waals surface area (Å²) < 4.78 is 26.3. The van der Waals surface area contributed by atoms with E-state index in [-0.39, 0.29) is 18.5 Å². The molecule has 0 bridgehead atoms. The van der Waals surface area contributed by atoms with Gasteiger partial charge in [0.2, 0.25) is 21.8 Å². The third kappa shape index (κ3) is 7.20. The first kappa shape index (κ1) is 26.7. The van der Waals surface area contributed by atoms with E-state index in [4.69, 9.17) is 11.6 Å². The summed E-state index contributed by atoms with van der Waals surface area (Å²) >= 11 is 6.20. The molecule has 0 radical (unpaired) electrons. The fourth-order valence-corrected chi connectivity index (χ4v) is 4.53. The van der Waals surface area contributed by atoms with Crippen molar-refractivity contribution in [2.75, 3.05) is 17.1 Å². The first-order chi connectivity index (χ1) is 15.3. The van der Waals surface area contributed by atoms with Crippen molar-refractivity contribution >= 4 is 39.1 Å². The number of carbonyl (C=O) groups is 2. The molecule has 0 unspecified atom stereocenters. The van der Waals surface area contributed by atoms with Crippen LogP contribution in [-0.4, -0.2) is 50.0 Å². The first-order valence-electron chi connectivity index (χ1n) is 10.7. The predicted octanol–water partition coefficient (Wildman–Crippen LogP) is 3.66. The molecule has 0 spiro atoms. The molecular weight excluding hydrogens is 462 g/mol. The molecule has 2 aromatic carbocycles. The highest BCUT2D eigenvalue weighted by Crippen LogP contribution is 2.28. The number of nitrogens with one attached hydrogen (secondary N) is 1. The Balaban J connectivity index is 2.44. The monoisotopic (exact) mass is 493 g/mol. The Hall–Kier alpha value is -2.58. The van der Waals surface area contributed by atoms with E-state index in [2.05, 4.69) is 5.32 Å². The Labute approximate surface area is 201 Å². The van der Waals surface area contributed by atoms with E-state index in [0.29, 0.717) is 16.3 Å². The molecule has 0 heterocycles. The van der Waals surface area contributed by atoms with E-state index in [1.807, 2.05) is 45.0 Å². The number of amides is 2. The second-order valence-electron chi connectivity index (χ2n) is 8.50. The second-order valence-corrected chi connectivity index (χ2v) is 10.8. The van der Waals surface area contributed by atoms with E-state index in [1.165, 1.54) is 4.90 Å². The molecule has 7 nitrogen and oxygen atoms in total. The lowest BCUT2D eigenvalue weighted by Gasteiger charge is -2.32. The van der Waals surface area contributed by atoms with Gasteiger partial charge in [-0.3, -0.25) is 13.9 Å². The average Bonchev–Trinajstić information content (AvgIpc) is 2.70. The lowest BCUT2D eigenvalue weighted by molar-refractivity contribution is -0.139. The normalized spacial score (nSPS) is 12.4. The maximum absolute atomic E-state index is 13.5. The lowest BCUT2D eigenvalue weighted by Crippen LogP contribution is -2.52. The number of benzene rings is 2. The molecule has 0 aliphatic heterocycles. The number of aryl methyl sites for hydroxylation is 1. The fourth-order valence-electron chi connectivity index (χ4n) is 3.46. The molecule has 0 aliphatic rings. The average molecular weight is 494 g/mol. The number of halogens is 1. The predicted molar refractivity (Wildman–Crippen MR) is 133 cm³/mol. The number of nitrogens with zero attached hydrogens (tertiary/aromatic N) is 2. The number of hydrogen-bond acceptors (Lipinski definition) is 4. The third-order valence-corrected chi connectivity index (χ3v) is 6.76. The van der Waals surface area contributed by atoms with Crippen LogP contribution in [0.5, 0.6) is 0 Å². The van der Waals surface area contributed by atoms with Crippen molar-refractivity contribution in [1.29, 1.82) is 0 Å². The van der Waals surface area contributed by atoms with Crippen molar-refractivity contribution in [3.05, 3.63) is 64.2 Å². The van der Waals surface area contributed by atoms with Gasteiger partial charge in [-0.25, -0.2) is 8.42 Å². The molecule has 2 amide bonds. The van der Waals surface area contributed by atoms with Crippen molar-refractivity contribution in [1.82, 2.24) is 10.2 Å². The van der Waals surface area contributed by atoms with E-state index in [1.54, 1.807) is 32.0 Å². The van der Waals surface area contributed by atoms with Gasteiger partial charge in [0.25, 0.3) is 0 Å². The smallest absolute Gasteiger partial charge is 0.244 e. The van der Waals surface area contributed by atoms with E-state index >= 15 is 0 Å². The van der Waals surface area contributed by atoms with Gasteiger partial charge in [0.15, 0.2) is 0 Å². The summed E-state index contributed by atoms with van der Waals surface area (Å²) in [6.07, 6.45) is 1.04. The molecule has 2 rings (SSSR count). The number of carbonyl (C=O) groups excluding carboxylic acids is 2. The van der Waals surface area contributed by atoms with Crippen molar-refractivity contribution in [2.24, 2.45) is 0 Å². The van der Waals surface area contributed by atoms with Gasteiger partial charge in [0.1, 0.15) is 12.6 Å². The summed E-state index contributed by atoms with van der Waals surface area (Å²) in [7, 11) is -3.80. The Bertz CT molecular complexity index is 1120. The van der Waals surface area contributed by atoms with Gasteiger partial charge >= 0.3 is 0 Å². The molecule has 33 heavy (non-hydrogen) atoms. The Morgan fingerprint density at radius 2 is 1.70 bits per heavy atom. The summed E-state index contributed by atoms with van der Waals surface area (Å²) in [6, 6.07) is 11.6. The Morgan fingerprint density at radius 3 is 2.27 bits per heavy atom. The molecule has 0 saturated heterocycles. The molecular formula is C24H32ClN3O4S. The van der Waals surface area contributed by atoms with Gasteiger partial charge in [0, 0.05) is 17.6 Å². The largest absolute Gasteiger partial charge is 0.352 e. The second kappa shape index (κ2) is 11.0.